The van der Waals surface area contributed by atoms with Gasteiger partial charge in [-0.3, -0.25) is 14.6 Å². The second-order valence-electron chi connectivity index (χ2n) is 6.04. The van der Waals surface area contributed by atoms with Crippen LogP contribution in [0.5, 0.6) is 0 Å². The molecule has 0 atom stereocenters. The largest absolute Gasteiger partial charge is 0.376 e. The zero-order chi connectivity index (χ0) is 19.8. The first-order chi connectivity index (χ1) is 12.9. The lowest BCUT2D eigenvalue weighted by Crippen LogP contribution is -2.24. The molecule has 1 aromatic heterocycles. The van der Waals surface area contributed by atoms with E-state index in [0.29, 0.717) is 6.54 Å². The summed E-state index contributed by atoms with van der Waals surface area (Å²) in [6, 6.07) is 6.12. The number of rotatable bonds is 10. The fourth-order valence-electron chi connectivity index (χ4n) is 2.37. The van der Waals surface area contributed by atoms with Gasteiger partial charge in [-0.05, 0) is 30.5 Å². The predicted octanol–water partition coefficient (Wildman–Crippen LogP) is 0.910. The van der Waals surface area contributed by atoms with Crippen molar-refractivity contribution in [1.82, 2.24) is 9.97 Å². The van der Waals surface area contributed by atoms with Gasteiger partial charge in [0.05, 0.1) is 6.61 Å². The topological polar surface area (TPSA) is 146 Å². The number of H-pyrrole nitrogens is 1. The Morgan fingerprint density at radius 1 is 1.33 bits per heavy atom. The minimum Gasteiger partial charge on any atom is -0.376 e. The lowest BCUT2D eigenvalue weighted by atomic mass is 10.1. The van der Waals surface area contributed by atoms with Crippen molar-refractivity contribution in [3.63, 3.8) is 0 Å². The van der Waals surface area contributed by atoms with Gasteiger partial charge in [-0.15, -0.1) is 0 Å². The van der Waals surface area contributed by atoms with E-state index in [9.17, 15) is 9.59 Å². The van der Waals surface area contributed by atoms with Crippen LogP contribution in [0.3, 0.4) is 0 Å². The van der Waals surface area contributed by atoms with Gasteiger partial charge < -0.3 is 26.5 Å². The number of amides is 1. The van der Waals surface area contributed by atoms with E-state index in [-0.39, 0.29) is 37.1 Å². The number of hydrogen-bond donors (Lipinski definition) is 5. The van der Waals surface area contributed by atoms with Crippen LogP contribution in [0, 0.1) is 19.3 Å². The normalized spacial score (nSPS) is 10.4. The number of primary amides is 1. The van der Waals surface area contributed by atoms with Gasteiger partial charge >= 0.3 is 0 Å². The lowest BCUT2D eigenvalue weighted by molar-refractivity contribution is -0.122. The number of nitrogens with one attached hydrogen (secondary N) is 4. The molecule has 0 unspecified atom stereocenters. The average molecular weight is 372 g/mol. The maximum absolute atomic E-state index is 12.3. The molecule has 9 nitrogen and oxygen atoms in total. The average Bonchev–Trinajstić information content (AvgIpc) is 2.63. The Balaban J connectivity index is 2.01. The van der Waals surface area contributed by atoms with Crippen LogP contribution in [0.1, 0.15) is 22.4 Å². The minimum absolute atomic E-state index is 0.171. The highest BCUT2D eigenvalue weighted by molar-refractivity contribution is 5.83. The number of carbonyl (C=O) groups excluding carboxylic acids is 1. The Bertz CT molecular complexity index is 878. The number of nitrogens with zero attached hydrogens (tertiary/aromatic N) is 1. The maximum atomic E-state index is 12.3. The van der Waals surface area contributed by atoms with E-state index < -0.39 is 11.5 Å². The molecule has 0 radical (unpaired) electrons. The summed E-state index contributed by atoms with van der Waals surface area (Å²) in [5, 5.41) is 13.4. The number of ether oxygens (including phenoxy) is 1. The summed E-state index contributed by atoms with van der Waals surface area (Å²) in [6.07, 6.45) is 1.00. The summed E-state index contributed by atoms with van der Waals surface area (Å²) in [7, 11) is 0. The molecular formula is C18H24N6O3. The summed E-state index contributed by atoms with van der Waals surface area (Å²) in [6.45, 7) is 4.86. The highest BCUT2D eigenvalue weighted by Gasteiger charge is 2.10. The third-order valence-electron chi connectivity index (χ3n) is 3.91. The molecule has 0 bridgehead atoms. The number of nitrogens with two attached hydrogens (primary N) is 1. The molecule has 0 aliphatic rings. The maximum Gasteiger partial charge on any atom is 0.276 e. The first-order valence-electron chi connectivity index (χ1n) is 8.45. The third kappa shape index (κ3) is 5.93. The SMILES string of the molecule is Cc1ccc(CNc2nc(C=N)c(NCCOCC(N)=O)c(=O)[nH]2)cc1C. The Labute approximate surface area is 156 Å². The number of anilines is 2. The fourth-order valence-corrected chi connectivity index (χ4v) is 2.37. The number of aromatic nitrogens is 2. The molecule has 6 N–H and O–H groups in total. The summed E-state index contributed by atoms with van der Waals surface area (Å²) in [5.74, 6) is -0.277. The van der Waals surface area contributed by atoms with Crippen molar-refractivity contribution >= 4 is 23.8 Å². The van der Waals surface area contributed by atoms with E-state index in [1.807, 2.05) is 26.0 Å². The highest BCUT2D eigenvalue weighted by Crippen LogP contribution is 2.12. The van der Waals surface area contributed by atoms with Gasteiger partial charge in [-0.25, -0.2) is 4.98 Å². The van der Waals surface area contributed by atoms with E-state index in [1.54, 1.807) is 0 Å². The van der Waals surface area contributed by atoms with Crippen LogP contribution in [-0.4, -0.2) is 41.8 Å². The molecule has 0 aliphatic heterocycles. The number of benzene rings is 1. The second-order valence-corrected chi connectivity index (χ2v) is 6.04. The summed E-state index contributed by atoms with van der Waals surface area (Å²) >= 11 is 0. The van der Waals surface area contributed by atoms with Gasteiger partial charge in [0.1, 0.15) is 18.0 Å². The van der Waals surface area contributed by atoms with Crippen LogP contribution in [0.4, 0.5) is 11.6 Å². The Hall–Kier alpha value is -3.20. The number of aromatic amines is 1. The molecule has 0 saturated heterocycles. The Morgan fingerprint density at radius 3 is 2.78 bits per heavy atom. The zero-order valence-corrected chi connectivity index (χ0v) is 15.4. The van der Waals surface area contributed by atoms with E-state index in [0.717, 1.165) is 11.8 Å². The van der Waals surface area contributed by atoms with Crippen LogP contribution >= 0.6 is 0 Å². The first kappa shape index (κ1) is 20.1. The van der Waals surface area contributed by atoms with E-state index >= 15 is 0 Å². The van der Waals surface area contributed by atoms with Gasteiger partial charge in [-0.2, -0.15) is 0 Å². The molecule has 1 heterocycles. The van der Waals surface area contributed by atoms with E-state index in [4.69, 9.17) is 15.9 Å². The van der Waals surface area contributed by atoms with Crippen molar-refractivity contribution in [2.75, 3.05) is 30.4 Å². The molecule has 2 aromatic rings. The molecule has 1 amide bonds. The van der Waals surface area contributed by atoms with Gasteiger partial charge in [0, 0.05) is 19.3 Å². The van der Waals surface area contributed by atoms with Crippen molar-refractivity contribution in [3.8, 4) is 0 Å². The van der Waals surface area contributed by atoms with Crippen molar-refractivity contribution in [2.45, 2.75) is 20.4 Å². The van der Waals surface area contributed by atoms with Gasteiger partial charge in [0.2, 0.25) is 11.9 Å². The van der Waals surface area contributed by atoms with Crippen LogP contribution < -0.4 is 21.9 Å². The first-order valence-corrected chi connectivity index (χ1v) is 8.45. The molecule has 0 spiro atoms. The van der Waals surface area contributed by atoms with Crippen molar-refractivity contribution in [3.05, 3.63) is 50.9 Å². The third-order valence-corrected chi connectivity index (χ3v) is 3.91. The molecule has 27 heavy (non-hydrogen) atoms. The number of hydrogen-bond acceptors (Lipinski definition) is 7. The smallest absolute Gasteiger partial charge is 0.276 e. The summed E-state index contributed by atoms with van der Waals surface area (Å²) in [5.41, 5.74) is 8.41. The zero-order valence-electron chi connectivity index (χ0n) is 15.4. The second kappa shape index (κ2) is 9.48. The van der Waals surface area contributed by atoms with Crippen molar-refractivity contribution < 1.29 is 9.53 Å². The number of carbonyl (C=O) groups is 1. The standard InChI is InChI=1S/C18H24N6O3/c1-11-3-4-13(7-12(11)2)9-22-18-23-14(8-19)16(17(26)24-18)21-5-6-27-10-15(20)25/h3-4,7-8,19,21H,5-6,9-10H2,1-2H3,(H2,20,25)(H2,22,23,24,26). The summed E-state index contributed by atoms with van der Waals surface area (Å²) in [4.78, 5) is 29.8. The highest BCUT2D eigenvalue weighted by atomic mass is 16.5. The molecule has 9 heteroatoms. The fraction of sp³-hybridized carbons (Fsp3) is 0.333. The number of aryl methyl sites for hydroxylation is 2. The molecular weight excluding hydrogens is 348 g/mol. The monoisotopic (exact) mass is 372 g/mol. The molecule has 144 valence electrons. The van der Waals surface area contributed by atoms with Crippen LogP contribution in [0.15, 0.2) is 23.0 Å². The molecule has 0 aliphatic carbocycles. The van der Waals surface area contributed by atoms with Crippen molar-refractivity contribution in [1.29, 1.82) is 5.41 Å². The summed E-state index contributed by atoms with van der Waals surface area (Å²) < 4.78 is 5.02. The van der Waals surface area contributed by atoms with Crippen molar-refractivity contribution in [2.24, 2.45) is 5.73 Å². The van der Waals surface area contributed by atoms with Gasteiger partial charge in [0.25, 0.3) is 5.56 Å². The minimum atomic E-state index is -0.561. The van der Waals surface area contributed by atoms with Crippen LogP contribution in [-0.2, 0) is 16.1 Å². The Kier molecular flexibility index (Phi) is 7.07. The molecule has 2 rings (SSSR count). The van der Waals surface area contributed by atoms with Gasteiger partial charge in [-0.1, -0.05) is 18.2 Å². The van der Waals surface area contributed by atoms with E-state index in [2.05, 4.69) is 26.7 Å². The van der Waals surface area contributed by atoms with Crippen LogP contribution in [0.25, 0.3) is 0 Å². The van der Waals surface area contributed by atoms with Gasteiger partial charge in [0.15, 0.2) is 0 Å². The quantitative estimate of drug-likeness (QED) is 0.309. The predicted molar refractivity (Wildman–Crippen MR) is 104 cm³/mol. The molecule has 0 saturated carbocycles. The van der Waals surface area contributed by atoms with E-state index in [1.165, 1.54) is 11.1 Å². The van der Waals surface area contributed by atoms with Crippen LogP contribution in [0.2, 0.25) is 0 Å². The lowest BCUT2D eigenvalue weighted by Gasteiger charge is -2.11. The molecule has 0 fully saturated rings. The Morgan fingerprint density at radius 2 is 2.11 bits per heavy atom. The molecule has 1 aromatic carbocycles.